The van der Waals surface area contributed by atoms with Gasteiger partial charge in [-0.3, -0.25) is 4.79 Å². The van der Waals surface area contributed by atoms with Gasteiger partial charge in [0.05, 0.1) is 0 Å². The average Bonchev–Trinajstić information content (AvgIpc) is 2.67. The van der Waals surface area contributed by atoms with Crippen molar-refractivity contribution in [3.05, 3.63) is 23.4 Å². The van der Waals surface area contributed by atoms with Gasteiger partial charge in [-0.2, -0.15) is 0 Å². The van der Waals surface area contributed by atoms with E-state index in [0.717, 1.165) is 24.2 Å². The Bertz CT molecular complexity index is 391. The van der Waals surface area contributed by atoms with Crippen LogP contribution in [0.3, 0.4) is 0 Å². The van der Waals surface area contributed by atoms with Crippen LogP contribution >= 0.6 is 0 Å². The quantitative estimate of drug-likeness (QED) is 0.836. The van der Waals surface area contributed by atoms with E-state index in [2.05, 4.69) is 15.6 Å². The molecule has 1 aromatic heterocycles. The zero-order valence-corrected chi connectivity index (χ0v) is 10.4. The number of amides is 1. The van der Waals surface area contributed by atoms with Gasteiger partial charge in [-0.15, -0.1) is 0 Å². The summed E-state index contributed by atoms with van der Waals surface area (Å²) < 4.78 is 0. The lowest BCUT2D eigenvalue weighted by Crippen LogP contribution is -2.27. The predicted molar refractivity (Wildman–Crippen MR) is 68.0 cm³/mol. The summed E-state index contributed by atoms with van der Waals surface area (Å²) >= 11 is 0. The first kappa shape index (κ1) is 12.0. The number of hydrogen-bond donors (Lipinski definition) is 2. The molecule has 17 heavy (non-hydrogen) atoms. The van der Waals surface area contributed by atoms with Crippen molar-refractivity contribution in [3.8, 4) is 0 Å². The van der Waals surface area contributed by atoms with E-state index < -0.39 is 0 Å². The minimum absolute atomic E-state index is 0.0434. The highest BCUT2D eigenvalue weighted by Crippen LogP contribution is 2.12. The first-order valence-corrected chi connectivity index (χ1v) is 6.12. The molecule has 1 aromatic rings. The predicted octanol–water partition coefficient (Wildman–Crippen LogP) is 1.78. The van der Waals surface area contributed by atoms with E-state index in [-0.39, 0.29) is 5.91 Å². The number of anilines is 1. The molecule has 0 spiro atoms. The highest BCUT2D eigenvalue weighted by Gasteiger charge is 2.17. The first-order valence-electron chi connectivity index (χ1n) is 6.12. The Balaban J connectivity index is 1.92. The molecule has 0 saturated carbocycles. The molecule has 0 aromatic carbocycles. The van der Waals surface area contributed by atoms with Gasteiger partial charge in [0.25, 0.3) is 0 Å². The molecule has 1 fully saturated rings. The van der Waals surface area contributed by atoms with Crippen molar-refractivity contribution in [2.24, 2.45) is 0 Å². The van der Waals surface area contributed by atoms with Crippen LogP contribution < -0.4 is 10.6 Å². The lowest BCUT2D eigenvalue weighted by Gasteiger charge is -2.10. The van der Waals surface area contributed by atoms with Crippen LogP contribution in [0.1, 0.15) is 30.5 Å². The lowest BCUT2D eigenvalue weighted by molar-refractivity contribution is -0.116. The Kier molecular flexibility index (Phi) is 3.74. The fraction of sp³-hybridized carbons (Fsp3) is 0.538. The summed E-state index contributed by atoms with van der Waals surface area (Å²) in [4.78, 5) is 16.1. The van der Waals surface area contributed by atoms with Crippen molar-refractivity contribution in [3.63, 3.8) is 0 Å². The van der Waals surface area contributed by atoms with Crippen molar-refractivity contribution in [2.75, 3.05) is 11.9 Å². The van der Waals surface area contributed by atoms with Crippen LogP contribution in [-0.2, 0) is 4.79 Å². The Morgan fingerprint density at radius 3 is 3.00 bits per heavy atom. The standard InChI is InChI=1S/C13H19N3O/c1-9-6-10(2)15-12(7-9)16-13(17)8-11-4-3-5-14-11/h6-7,11,14H,3-5,8H2,1-2H3,(H,15,16,17). The Morgan fingerprint density at radius 1 is 1.53 bits per heavy atom. The SMILES string of the molecule is Cc1cc(C)nc(NC(=O)CC2CCCN2)c1. The monoisotopic (exact) mass is 233 g/mol. The lowest BCUT2D eigenvalue weighted by atomic mass is 10.1. The molecule has 0 bridgehead atoms. The number of aryl methyl sites for hydroxylation is 2. The average molecular weight is 233 g/mol. The van der Waals surface area contributed by atoms with Crippen LogP contribution in [0.15, 0.2) is 12.1 Å². The van der Waals surface area contributed by atoms with Gasteiger partial charge in [-0.1, -0.05) is 0 Å². The number of rotatable bonds is 3. The van der Waals surface area contributed by atoms with Crippen molar-refractivity contribution in [2.45, 2.75) is 39.2 Å². The molecule has 1 aliphatic heterocycles. The van der Waals surface area contributed by atoms with Crippen molar-refractivity contribution in [1.29, 1.82) is 0 Å². The normalized spacial score (nSPS) is 19.3. The van der Waals surface area contributed by atoms with E-state index in [1.807, 2.05) is 26.0 Å². The van der Waals surface area contributed by atoms with Gasteiger partial charge in [-0.05, 0) is 50.9 Å². The third kappa shape index (κ3) is 3.53. The van der Waals surface area contributed by atoms with Crippen LogP contribution in [0.25, 0.3) is 0 Å². The van der Waals surface area contributed by atoms with Gasteiger partial charge in [-0.25, -0.2) is 4.98 Å². The molecule has 4 heteroatoms. The molecule has 2 N–H and O–H groups in total. The van der Waals surface area contributed by atoms with E-state index in [4.69, 9.17) is 0 Å². The molecule has 1 atom stereocenters. The van der Waals surface area contributed by atoms with Gasteiger partial charge in [0.15, 0.2) is 0 Å². The molecular weight excluding hydrogens is 214 g/mol. The van der Waals surface area contributed by atoms with Gasteiger partial charge >= 0.3 is 0 Å². The maximum Gasteiger partial charge on any atom is 0.227 e. The number of carbonyl (C=O) groups excluding carboxylic acids is 1. The Morgan fingerprint density at radius 2 is 2.35 bits per heavy atom. The fourth-order valence-electron chi connectivity index (χ4n) is 2.25. The smallest absolute Gasteiger partial charge is 0.227 e. The number of nitrogens with one attached hydrogen (secondary N) is 2. The molecule has 0 radical (unpaired) electrons. The Labute approximate surface area is 102 Å². The summed E-state index contributed by atoms with van der Waals surface area (Å²) in [5.74, 6) is 0.701. The summed E-state index contributed by atoms with van der Waals surface area (Å²) in [5, 5.41) is 6.18. The second kappa shape index (κ2) is 5.27. The minimum Gasteiger partial charge on any atom is -0.313 e. The van der Waals surface area contributed by atoms with E-state index in [1.165, 1.54) is 6.42 Å². The summed E-state index contributed by atoms with van der Waals surface area (Å²) in [5.41, 5.74) is 2.05. The van der Waals surface area contributed by atoms with Crippen LogP contribution in [-0.4, -0.2) is 23.5 Å². The highest BCUT2D eigenvalue weighted by atomic mass is 16.1. The molecule has 0 aliphatic carbocycles. The molecule has 1 aliphatic rings. The third-order valence-electron chi connectivity index (χ3n) is 2.96. The summed E-state index contributed by atoms with van der Waals surface area (Å²) in [6.45, 7) is 4.96. The van der Waals surface area contributed by atoms with E-state index in [1.54, 1.807) is 0 Å². The van der Waals surface area contributed by atoms with E-state index in [9.17, 15) is 4.79 Å². The molecule has 1 saturated heterocycles. The maximum absolute atomic E-state index is 11.8. The maximum atomic E-state index is 11.8. The van der Waals surface area contributed by atoms with Gasteiger partial charge < -0.3 is 10.6 Å². The number of nitrogens with zero attached hydrogens (tertiary/aromatic N) is 1. The largest absolute Gasteiger partial charge is 0.313 e. The first-order chi connectivity index (χ1) is 8.13. The zero-order chi connectivity index (χ0) is 12.3. The number of carbonyl (C=O) groups is 1. The third-order valence-corrected chi connectivity index (χ3v) is 2.96. The van der Waals surface area contributed by atoms with Crippen molar-refractivity contribution >= 4 is 11.7 Å². The molecule has 92 valence electrons. The summed E-state index contributed by atoms with van der Waals surface area (Å²) in [6.07, 6.45) is 2.79. The molecule has 2 heterocycles. The van der Waals surface area contributed by atoms with Crippen LogP contribution in [0.5, 0.6) is 0 Å². The van der Waals surface area contributed by atoms with Gasteiger partial charge in [0, 0.05) is 18.2 Å². The van der Waals surface area contributed by atoms with E-state index in [0.29, 0.717) is 18.3 Å². The second-order valence-corrected chi connectivity index (χ2v) is 4.72. The van der Waals surface area contributed by atoms with Crippen LogP contribution in [0.4, 0.5) is 5.82 Å². The molecule has 2 rings (SSSR count). The fourth-order valence-corrected chi connectivity index (χ4v) is 2.25. The zero-order valence-electron chi connectivity index (χ0n) is 10.4. The minimum atomic E-state index is 0.0434. The van der Waals surface area contributed by atoms with Gasteiger partial charge in [0.1, 0.15) is 5.82 Å². The van der Waals surface area contributed by atoms with Crippen LogP contribution in [0, 0.1) is 13.8 Å². The number of pyridine rings is 1. The molecule has 1 amide bonds. The molecule has 1 unspecified atom stereocenters. The second-order valence-electron chi connectivity index (χ2n) is 4.72. The Hall–Kier alpha value is -1.42. The molecule has 4 nitrogen and oxygen atoms in total. The van der Waals surface area contributed by atoms with Crippen LogP contribution in [0.2, 0.25) is 0 Å². The summed E-state index contributed by atoms with van der Waals surface area (Å²) in [6, 6.07) is 4.22. The van der Waals surface area contributed by atoms with Crippen molar-refractivity contribution < 1.29 is 4.79 Å². The van der Waals surface area contributed by atoms with Crippen molar-refractivity contribution in [1.82, 2.24) is 10.3 Å². The highest BCUT2D eigenvalue weighted by molar-refractivity contribution is 5.90. The van der Waals surface area contributed by atoms with E-state index >= 15 is 0 Å². The summed E-state index contributed by atoms with van der Waals surface area (Å²) in [7, 11) is 0. The van der Waals surface area contributed by atoms with Gasteiger partial charge in [0.2, 0.25) is 5.91 Å². The molecular formula is C13H19N3O. The number of aromatic nitrogens is 1. The number of hydrogen-bond acceptors (Lipinski definition) is 3. The topological polar surface area (TPSA) is 54.0 Å².